The molecule has 1 fully saturated rings. The van der Waals surface area contributed by atoms with E-state index in [2.05, 4.69) is 29.4 Å². The molecular weight excluding hydrogens is 350 g/mol. The smallest absolute Gasteiger partial charge is 0.253 e. The third-order valence-electron chi connectivity index (χ3n) is 5.51. The first-order valence-electron chi connectivity index (χ1n) is 11.1. The van der Waals surface area contributed by atoms with Gasteiger partial charge in [-0.05, 0) is 56.7 Å². The standard InChI is InChI=1S/C23H37N3O2/c1-4-7-11-18(6-3)22(27)25-19-12-13-21(26-15-9-8-10-16-26)20(17-19)23(28)24-14-5-2/h12-13,17-18H,4-11,14-16H2,1-3H3,(H,24,28)(H,25,27). The van der Waals surface area contributed by atoms with Crippen molar-refractivity contribution in [1.82, 2.24) is 5.32 Å². The second-order valence-electron chi connectivity index (χ2n) is 7.77. The second kappa shape index (κ2) is 11.7. The molecule has 1 unspecified atom stereocenters. The zero-order valence-electron chi connectivity index (χ0n) is 17.9. The predicted octanol–water partition coefficient (Wildman–Crippen LogP) is 4.97. The number of unbranched alkanes of at least 4 members (excludes halogenated alkanes) is 1. The number of hydrogen-bond donors (Lipinski definition) is 2. The number of nitrogens with zero attached hydrogens (tertiary/aromatic N) is 1. The van der Waals surface area contributed by atoms with Crippen LogP contribution in [0.25, 0.3) is 0 Å². The van der Waals surface area contributed by atoms with E-state index in [0.29, 0.717) is 17.8 Å². The van der Waals surface area contributed by atoms with Crippen LogP contribution in [-0.4, -0.2) is 31.4 Å². The van der Waals surface area contributed by atoms with Crippen molar-refractivity contribution in [1.29, 1.82) is 0 Å². The fourth-order valence-corrected chi connectivity index (χ4v) is 3.76. The normalized spacial score (nSPS) is 15.2. The Kier molecular flexibility index (Phi) is 9.32. The quantitative estimate of drug-likeness (QED) is 0.596. The van der Waals surface area contributed by atoms with E-state index in [0.717, 1.165) is 63.7 Å². The molecule has 0 radical (unpaired) electrons. The molecule has 2 amide bonds. The molecule has 1 heterocycles. The Labute approximate surface area is 170 Å². The van der Waals surface area contributed by atoms with E-state index in [-0.39, 0.29) is 17.7 Å². The van der Waals surface area contributed by atoms with E-state index in [1.165, 1.54) is 6.42 Å². The van der Waals surface area contributed by atoms with Gasteiger partial charge in [0.2, 0.25) is 5.91 Å². The van der Waals surface area contributed by atoms with Crippen molar-refractivity contribution >= 4 is 23.2 Å². The van der Waals surface area contributed by atoms with Gasteiger partial charge in [-0.2, -0.15) is 0 Å². The minimum Gasteiger partial charge on any atom is -0.371 e. The van der Waals surface area contributed by atoms with Crippen LogP contribution in [0.15, 0.2) is 18.2 Å². The average molecular weight is 388 g/mol. The molecule has 0 bridgehead atoms. The van der Waals surface area contributed by atoms with Crippen LogP contribution in [0, 0.1) is 5.92 Å². The summed E-state index contributed by atoms with van der Waals surface area (Å²) in [7, 11) is 0. The number of carbonyl (C=O) groups is 2. The Balaban J connectivity index is 2.21. The van der Waals surface area contributed by atoms with Gasteiger partial charge in [-0.25, -0.2) is 0 Å². The Hall–Kier alpha value is -2.04. The minimum atomic E-state index is -0.0588. The van der Waals surface area contributed by atoms with Gasteiger partial charge in [0.15, 0.2) is 0 Å². The lowest BCUT2D eigenvalue weighted by Gasteiger charge is -2.30. The van der Waals surface area contributed by atoms with Gasteiger partial charge in [0, 0.05) is 36.9 Å². The first kappa shape index (κ1) is 22.3. The van der Waals surface area contributed by atoms with Crippen molar-refractivity contribution < 1.29 is 9.59 Å². The lowest BCUT2D eigenvalue weighted by molar-refractivity contribution is -0.120. The van der Waals surface area contributed by atoms with Crippen molar-refractivity contribution in [2.45, 2.75) is 72.1 Å². The molecule has 1 aliphatic heterocycles. The fraction of sp³-hybridized carbons (Fsp3) is 0.652. The Morgan fingerprint density at radius 2 is 1.82 bits per heavy atom. The van der Waals surface area contributed by atoms with Crippen LogP contribution in [0.3, 0.4) is 0 Å². The average Bonchev–Trinajstić information content (AvgIpc) is 2.73. The van der Waals surface area contributed by atoms with Gasteiger partial charge in [-0.3, -0.25) is 9.59 Å². The van der Waals surface area contributed by atoms with Gasteiger partial charge in [0.25, 0.3) is 5.91 Å². The van der Waals surface area contributed by atoms with Crippen LogP contribution in [0.4, 0.5) is 11.4 Å². The molecule has 28 heavy (non-hydrogen) atoms. The van der Waals surface area contributed by atoms with Gasteiger partial charge < -0.3 is 15.5 Å². The molecule has 2 N–H and O–H groups in total. The second-order valence-corrected chi connectivity index (χ2v) is 7.77. The maximum absolute atomic E-state index is 12.8. The summed E-state index contributed by atoms with van der Waals surface area (Å²) in [6.45, 7) is 8.87. The lowest BCUT2D eigenvalue weighted by atomic mass is 9.98. The highest BCUT2D eigenvalue weighted by atomic mass is 16.2. The fourth-order valence-electron chi connectivity index (χ4n) is 3.76. The summed E-state index contributed by atoms with van der Waals surface area (Å²) < 4.78 is 0. The lowest BCUT2D eigenvalue weighted by Crippen LogP contribution is -2.33. The molecule has 1 aromatic carbocycles. The Morgan fingerprint density at radius 1 is 1.07 bits per heavy atom. The zero-order valence-corrected chi connectivity index (χ0v) is 17.9. The number of anilines is 2. The van der Waals surface area contributed by atoms with Crippen LogP contribution in [0.1, 0.15) is 82.5 Å². The number of amides is 2. The molecule has 1 aromatic rings. The largest absolute Gasteiger partial charge is 0.371 e. The first-order chi connectivity index (χ1) is 13.6. The highest BCUT2D eigenvalue weighted by molar-refractivity contribution is 6.02. The zero-order chi connectivity index (χ0) is 20.4. The molecule has 1 aliphatic rings. The number of piperidine rings is 1. The number of benzene rings is 1. The van der Waals surface area contributed by atoms with Crippen molar-refractivity contribution in [2.24, 2.45) is 5.92 Å². The van der Waals surface area contributed by atoms with Crippen molar-refractivity contribution in [2.75, 3.05) is 29.9 Å². The minimum absolute atomic E-state index is 0.0269. The van der Waals surface area contributed by atoms with E-state index in [4.69, 9.17) is 0 Å². The van der Waals surface area contributed by atoms with Gasteiger partial charge in [-0.1, -0.05) is 33.6 Å². The van der Waals surface area contributed by atoms with E-state index >= 15 is 0 Å². The Morgan fingerprint density at radius 3 is 2.46 bits per heavy atom. The van der Waals surface area contributed by atoms with E-state index in [1.807, 2.05) is 25.1 Å². The summed E-state index contributed by atoms with van der Waals surface area (Å²) >= 11 is 0. The molecule has 0 spiro atoms. The van der Waals surface area contributed by atoms with Crippen molar-refractivity contribution in [3.8, 4) is 0 Å². The highest BCUT2D eigenvalue weighted by Crippen LogP contribution is 2.28. The molecule has 5 heteroatoms. The van der Waals surface area contributed by atoms with Gasteiger partial charge in [-0.15, -0.1) is 0 Å². The summed E-state index contributed by atoms with van der Waals surface area (Å²) in [5, 5.41) is 6.04. The van der Waals surface area contributed by atoms with Crippen LogP contribution >= 0.6 is 0 Å². The first-order valence-corrected chi connectivity index (χ1v) is 11.1. The third kappa shape index (κ3) is 6.25. The predicted molar refractivity (Wildman–Crippen MR) is 117 cm³/mol. The third-order valence-corrected chi connectivity index (χ3v) is 5.51. The number of rotatable bonds is 10. The van der Waals surface area contributed by atoms with Crippen molar-refractivity contribution in [3.63, 3.8) is 0 Å². The molecule has 0 aromatic heterocycles. The maximum Gasteiger partial charge on any atom is 0.253 e. The highest BCUT2D eigenvalue weighted by Gasteiger charge is 2.21. The maximum atomic E-state index is 12.8. The Bertz CT molecular complexity index is 639. The molecule has 2 rings (SSSR count). The molecule has 1 saturated heterocycles. The number of nitrogens with one attached hydrogen (secondary N) is 2. The van der Waals surface area contributed by atoms with Crippen LogP contribution in [-0.2, 0) is 4.79 Å². The summed E-state index contributed by atoms with van der Waals surface area (Å²) in [6, 6.07) is 5.78. The van der Waals surface area contributed by atoms with Crippen LogP contribution < -0.4 is 15.5 Å². The molecule has 5 nitrogen and oxygen atoms in total. The van der Waals surface area contributed by atoms with E-state index < -0.39 is 0 Å². The summed E-state index contributed by atoms with van der Waals surface area (Å²) in [5.41, 5.74) is 2.35. The van der Waals surface area contributed by atoms with Crippen molar-refractivity contribution in [3.05, 3.63) is 23.8 Å². The molecule has 156 valence electrons. The van der Waals surface area contributed by atoms with Gasteiger partial charge in [0.1, 0.15) is 0 Å². The molecular formula is C23H37N3O2. The summed E-state index contributed by atoms with van der Waals surface area (Å²) in [4.78, 5) is 27.8. The van der Waals surface area contributed by atoms with E-state index in [9.17, 15) is 9.59 Å². The summed E-state index contributed by atoms with van der Waals surface area (Å²) in [6.07, 6.45) is 8.36. The number of carbonyl (C=O) groups excluding carboxylic acids is 2. The summed E-state index contributed by atoms with van der Waals surface area (Å²) in [5.74, 6) is 0.0252. The molecule has 0 aliphatic carbocycles. The monoisotopic (exact) mass is 387 g/mol. The van der Waals surface area contributed by atoms with Crippen LogP contribution in [0.2, 0.25) is 0 Å². The topological polar surface area (TPSA) is 61.4 Å². The van der Waals surface area contributed by atoms with Gasteiger partial charge in [0.05, 0.1) is 5.56 Å². The van der Waals surface area contributed by atoms with Gasteiger partial charge >= 0.3 is 0 Å². The molecule has 1 atom stereocenters. The SMILES string of the molecule is CCCCC(CC)C(=O)Nc1ccc(N2CCCCC2)c(C(=O)NCCC)c1. The number of hydrogen-bond acceptors (Lipinski definition) is 3. The van der Waals surface area contributed by atoms with E-state index in [1.54, 1.807) is 0 Å². The van der Waals surface area contributed by atoms with Crippen LogP contribution in [0.5, 0.6) is 0 Å². The molecule has 0 saturated carbocycles.